The van der Waals surface area contributed by atoms with Gasteiger partial charge in [-0.05, 0) is 33.5 Å². The number of rotatable bonds is 9. The lowest BCUT2D eigenvalue weighted by atomic mass is 10.1. The highest BCUT2D eigenvalue weighted by molar-refractivity contribution is 6.91. The van der Waals surface area contributed by atoms with Crippen LogP contribution in [0.2, 0.25) is 58.9 Å². The van der Waals surface area contributed by atoms with Gasteiger partial charge in [-0.3, -0.25) is 0 Å². The lowest BCUT2D eigenvalue weighted by Gasteiger charge is -2.56. The Kier molecular flexibility index (Phi) is 8.10. The van der Waals surface area contributed by atoms with Crippen molar-refractivity contribution < 1.29 is 28.6 Å². The van der Waals surface area contributed by atoms with Gasteiger partial charge in [0, 0.05) is 0 Å². The Hall–Kier alpha value is -0.489. The Morgan fingerprint density at radius 2 is 1.15 bits per heavy atom. The molecule has 0 aromatic rings. The molecule has 0 radical (unpaired) electrons. The topological polar surface area (TPSA) is 82.1 Å². The van der Waals surface area contributed by atoms with E-state index in [1.807, 2.05) is 58.9 Å². The van der Waals surface area contributed by atoms with Crippen molar-refractivity contribution in [3.8, 4) is 0 Å². The number of hydrogen-bond acceptors (Lipinski definition) is 6. The summed E-state index contributed by atoms with van der Waals surface area (Å²) < 4.78 is 17.1. The molecule has 1 N–H and O–H groups in total. The van der Waals surface area contributed by atoms with Crippen LogP contribution in [0.5, 0.6) is 0 Å². The normalized spacial score (nSPS) is 17.8. The van der Waals surface area contributed by atoms with E-state index in [1.54, 1.807) is 13.8 Å². The van der Waals surface area contributed by atoms with Crippen molar-refractivity contribution in [3.63, 3.8) is 0 Å². The van der Waals surface area contributed by atoms with Crippen LogP contribution in [0.1, 0.15) is 13.8 Å². The predicted molar refractivity (Wildman–Crippen MR) is 112 cm³/mol. The molecule has 0 fully saturated rings. The molecule has 0 saturated carbocycles. The molecule has 0 aliphatic heterocycles. The van der Waals surface area contributed by atoms with E-state index >= 15 is 0 Å². The second-order valence-electron chi connectivity index (χ2n) is 9.55. The summed E-state index contributed by atoms with van der Waals surface area (Å²) in [5.74, 6) is -1.44. The van der Waals surface area contributed by atoms with Crippen LogP contribution in [0.3, 0.4) is 0 Å². The Balaban J connectivity index is 7.12. The Labute approximate surface area is 161 Å². The van der Waals surface area contributed by atoms with Crippen LogP contribution in [-0.4, -0.2) is 65.2 Å². The first-order valence-electron chi connectivity index (χ1n) is 9.19. The zero-order chi connectivity index (χ0) is 21.2. The van der Waals surface area contributed by atoms with E-state index in [0.717, 1.165) is 0 Å². The highest BCUT2D eigenvalue weighted by atomic mass is 28.4. The molecule has 6 nitrogen and oxygen atoms in total. The number of esters is 2. The summed E-state index contributed by atoms with van der Waals surface area (Å²) >= 11 is 0. The predicted octanol–water partition coefficient (Wildman–Crippen LogP) is 3.19. The van der Waals surface area contributed by atoms with Gasteiger partial charge in [0.15, 0.2) is 18.8 Å². The number of carbonyl (C=O) groups excluding carboxylic acids is 2. The molecule has 0 rings (SSSR count). The van der Waals surface area contributed by atoms with E-state index in [4.69, 9.17) is 13.9 Å². The van der Waals surface area contributed by atoms with E-state index in [-0.39, 0.29) is 13.2 Å². The molecule has 9 heteroatoms. The lowest BCUT2D eigenvalue weighted by molar-refractivity contribution is -0.184. The molecule has 26 heavy (non-hydrogen) atoms. The van der Waals surface area contributed by atoms with Gasteiger partial charge in [0.05, 0.1) is 21.3 Å². The molecule has 2 unspecified atom stereocenters. The summed E-state index contributed by atoms with van der Waals surface area (Å²) in [6.45, 7) is 20.8. The number of carbonyl (C=O) groups is 2. The molecule has 0 bridgehead atoms. The standard InChI is InChI=1S/C17H38O6Si3/c1-12-21-14(18)16(20,24(3,4)5)17(25(6,7)8,15(19)22-13-2)23-26(9,10)11/h20H,12-13H2,1-11H3. The Morgan fingerprint density at radius 1 is 0.769 bits per heavy atom. The Bertz CT molecular complexity index is 518. The van der Waals surface area contributed by atoms with Crippen molar-refractivity contribution in [3.05, 3.63) is 0 Å². The molecular weight excluding hydrogens is 384 g/mol. The maximum absolute atomic E-state index is 13.4. The van der Waals surface area contributed by atoms with Gasteiger partial charge in [-0.25, -0.2) is 9.59 Å². The highest BCUT2D eigenvalue weighted by Gasteiger charge is 2.74. The number of aliphatic hydroxyl groups is 1. The minimum absolute atomic E-state index is 0.114. The van der Waals surface area contributed by atoms with Gasteiger partial charge in [0.25, 0.3) is 0 Å². The second kappa shape index (κ2) is 8.26. The smallest absolute Gasteiger partial charge is 0.337 e. The zero-order valence-corrected chi connectivity index (χ0v) is 21.4. The van der Waals surface area contributed by atoms with Crippen LogP contribution in [0.4, 0.5) is 0 Å². The monoisotopic (exact) mass is 422 g/mol. The average molecular weight is 423 g/mol. The molecule has 0 spiro atoms. The van der Waals surface area contributed by atoms with Crippen LogP contribution in [-0.2, 0) is 23.5 Å². The third-order valence-electron chi connectivity index (χ3n) is 4.24. The fourth-order valence-electron chi connectivity index (χ4n) is 3.17. The van der Waals surface area contributed by atoms with E-state index in [9.17, 15) is 14.7 Å². The maximum atomic E-state index is 13.4. The summed E-state index contributed by atoms with van der Waals surface area (Å²) in [6.07, 6.45) is 0. The summed E-state index contributed by atoms with van der Waals surface area (Å²) in [4.78, 5) is 26.5. The number of hydrogen-bond donors (Lipinski definition) is 1. The molecule has 0 amide bonds. The van der Waals surface area contributed by atoms with Crippen molar-refractivity contribution in [2.75, 3.05) is 13.2 Å². The largest absolute Gasteiger partial charge is 0.464 e. The van der Waals surface area contributed by atoms with Gasteiger partial charge in [-0.2, -0.15) is 0 Å². The van der Waals surface area contributed by atoms with E-state index < -0.39 is 46.9 Å². The molecule has 0 aliphatic carbocycles. The molecule has 0 saturated heterocycles. The zero-order valence-electron chi connectivity index (χ0n) is 18.4. The van der Waals surface area contributed by atoms with Crippen LogP contribution in [0, 0.1) is 0 Å². The van der Waals surface area contributed by atoms with Crippen molar-refractivity contribution in [1.82, 2.24) is 0 Å². The fourth-order valence-corrected chi connectivity index (χ4v) is 12.6. The summed E-state index contributed by atoms with van der Waals surface area (Å²) in [7, 11) is -7.76. The summed E-state index contributed by atoms with van der Waals surface area (Å²) in [5.41, 5.74) is 0. The molecule has 0 aromatic carbocycles. The average Bonchev–Trinajstić information content (AvgIpc) is 2.40. The quantitative estimate of drug-likeness (QED) is 0.454. The minimum Gasteiger partial charge on any atom is -0.464 e. The molecular formula is C17H38O6Si3. The molecule has 0 heterocycles. The van der Waals surface area contributed by atoms with Gasteiger partial charge in [-0.1, -0.05) is 39.3 Å². The highest BCUT2D eigenvalue weighted by Crippen LogP contribution is 2.45. The van der Waals surface area contributed by atoms with Gasteiger partial charge in [0.2, 0.25) is 0 Å². The SMILES string of the molecule is CCOC(=O)C(O)(C(O[Si](C)(C)C)(C(=O)OCC)[Si](C)(C)C)[Si](C)(C)C. The first-order valence-corrected chi connectivity index (χ1v) is 19.6. The van der Waals surface area contributed by atoms with Crippen LogP contribution in [0.25, 0.3) is 0 Å². The minimum atomic E-state index is -2.74. The molecule has 0 aliphatic rings. The van der Waals surface area contributed by atoms with Crippen molar-refractivity contribution >= 4 is 36.4 Å². The van der Waals surface area contributed by atoms with E-state index in [0.29, 0.717) is 0 Å². The summed E-state index contributed by atoms with van der Waals surface area (Å²) in [5, 5.41) is 8.20. The van der Waals surface area contributed by atoms with Crippen LogP contribution < -0.4 is 0 Å². The van der Waals surface area contributed by atoms with E-state index in [1.165, 1.54) is 0 Å². The molecule has 154 valence electrons. The third kappa shape index (κ3) is 4.67. The van der Waals surface area contributed by atoms with Crippen LogP contribution >= 0.6 is 0 Å². The van der Waals surface area contributed by atoms with Crippen molar-refractivity contribution in [1.29, 1.82) is 0 Å². The van der Waals surface area contributed by atoms with Gasteiger partial charge in [-0.15, -0.1) is 0 Å². The fraction of sp³-hybridized carbons (Fsp3) is 0.882. The first-order chi connectivity index (χ1) is 11.4. The van der Waals surface area contributed by atoms with E-state index in [2.05, 4.69) is 0 Å². The van der Waals surface area contributed by atoms with Crippen molar-refractivity contribution in [2.45, 2.75) is 83.2 Å². The second-order valence-corrected chi connectivity index (χ2v) is 24.4. The van der Waals surface area contributed by atoms with Crippen molar-refractivity contribution in [2.24, 2.45) is 0 Å². The summed E-state index contributed by atoms with van der Waals surface area (Å²) in [6, 6.07) is 0. The van der Waals surface area contributed by atoms with Gasteiger partial charge in [0.1, 0.15) is 8.07 Å². The van der Waals surface area contributed by atoms with Gasteiger partial charge < -0.3 is 19.0 Å². The van der Waals surface area contributed by atoms with Gasteiger partial charge >= 0.3 is 11.9 Å². The molecule has 0 aromatic heterocycles. The maximum Gasteiger partial charge on any atom is 0.337 e. The number of ether oxygens (including phenoxy) is 2. The lowest BCUT2D eigenvalue weighted by Crippen LogP contribution is -2.83. The van der Waals surface area contributed by atoms with Crippen LogP contribution in [0.15, 0.2) is 0 Å². The molecule has 2 atom stereocenters. The Morgan fingerprint density at radius 3 is 1.42 bits per heavy atom. The first kappa shape index (κ1) is 25.5. The third-order valence-corrected chi connectivity index (χ3v) is 11.1.